The fourth-order valence-electron chi connectivity index (χ4n) is 3.48. The molecular formula is C21H16F2N2O3S. The molecule has 0 radical (unpaired) electrons. The van der Waals surface area contributed by atoms with Gasteiger partial charge in [0.15, 0.2) is 22.5 Å². The maximum atomic E-state index is 14.1. The van der Waals surface area contributed by atoms with Crippen LogP contribution >= 0.6 is 11.3 Å². The molecule has 2 heterocycles. The third-order valence-corrected chi connectivity index (χ3v) is 5.80. The van der Waals surface area contributed by atoms with Crippen LogP contribution in [0.5, 0.6) is 0 Å². The molecule has 1 unspecified atom stereocenters. The summed E-state index contributed by atoms with van der Waals surface area (Å²) in [5.74, 6) is -3.41. The van der Waals surface area contributed by atoms with Gasteiger partial charge >= 0.3 is 0 Å². The summed E-state index contributed by atoms with van der Waals surface area (Å²) < 4.78 is 28.0. The van der Waals surface area contributed by atoms with Crippen molar-refractivity contribution in [1.82, 2.24) is 4.98 Å². The summed E-state index contributed by atoms with van der Waals surface area (Å²) in [5, 5.41) is 10.6. The quantitative estimate of drug-likeness (QED) is 0.668. The van der Waals surface area contributed by atoms with Crippen molar-refractivity contribution in [3.05, 3.63) is 70.5 Å². The van der Waals surface area contributed by atoms with Crippen LogP contribution in [0.4, 0.5) is 13.9 Å². The Bertz CT molecular complexity index is 1200. The normalized spacial score (nSPS) is 16.9. The summed E-state index contributed by atoms with van der Waals surface area (Å²) in [6, 6.07) is 8.15. The number of ketones is 1. The largest absolute Gasteiger partial charge is 0.503 e. The Labute approximate surface area is 168 Å². The average Bonchev–Trinajstić information content (AvgIpc) is 3.20. The first-order valence-corrected chi connectivity index (χ1v) is 9.75. The molecular weight excluding hydrogens is 398 g/mol. The van der Waals surface area contributed by atoms with Crippen molar-refractivity contribution in [1.29, 1.82) is 0 Å². The van der Waals surface area contributed by atoms with Crippen molar-refractivity contribution in [3.8, 4) is 0 Å². The van der Waals surface area contributed by atoms with Crippen LogP contribution in [0.1, 0.15) is 30.5 Å². The van der Waals surface area contributed by atoms with Crippen LogP contribution in [-0.2, 0) is 9.59 Å². The molecule has 0 saturated carbocycles. The Morgan fingerprint density at radius 1 is 1.28 bits per heavy atom. The van der Waals surface area contributed by atoms with Crippen LogP contribution in [0.2, 0.25) is 0 Å². The third-order valence-electron chi connectivity index (χ3n) is 4.80. The standard InChI is InChI=1S/C21H16F2N2O3S/c1-3-14(26)16-18(11-6-4-5-10(2)7-11)25(20(28)19(16)27)21-24-17-13(23)8-12(22)9-15(17)29-21/h4-9,18,27H,3H2,1-2H3. The number of benzene rings is 2. The number of aromatic nitrogens is 1. The predicted octanol–water partition coefficient (Wildman–Crippen LogP) is 4.76. The van der Waals surface area contributed by atoms with Crippen molar-refractivity contribution in [2.24, 2.45) is 0 Å². The molecule has 0 saturated heterocycles. The number of hydrogen-bond acceptors (Lipinski definition) is 5. The van der Waals surface area contributed by atoms with Gasteiger partial charge in [-0.2, -0.15) is 0 Å². The number of nitrogens with zero attached hydrogens (tertiary/aromatic N) is 2. The van der Waals surface area contributed by atoms with E-state index in [1.807, 2.05) is 13.0 Å². The van der Waals surface area contributed by atoms with E-state index in [-0.39, 0.29) is 33.1 Å². The average molecular weight is 414 g/mol. The van der Waals surface area contributed by atoms with Gasteiger partial charge in [-0.15, -0.1) is 0 Å². The number of carbonyl (C=O) groups is 2. The number of hydrogen-bond donors (Lipinski definition) is 1. The SMILES string of the molecule is CCC(=O)C1=C(O)C(=O)N(c2nc3c(F)cc(F)cc3s2)C1c1cccc(C)c1. The lowest BCUT2D eigenvalue weighted by Gasteiger charge is -2.24. The summed E-state index contributed by atoms with van der Waals surface area (Å²) in [5.41, 5.74) is 1.43. The van der Waals surface area contributed by atoms with E-state index in [1.54, 1.807) is 25.1 Å². The van der Waals surface area contributed by atoms with Crippen LogP contribution in [0, 0.1) is 18.6 Å². The van der Waals surface area contributed by atoms with Crippen LogP contribution in [0.25, 0.3) is 10.2 Å². The highest BCUT2D eigenvalue weighted by atomic mass is 32.1. The van der Waals surface area contributed by atoms with Crippen molar-refractivity contribution in [3.63, 3.8) is 0 Å². The van der Waals surface area contributed by atoms with Crippen molar-refractivity contribution < 1.29 is 23.5 Å². The molecule has 1 aliphatic heterocycles. The minimum absolute atomic E-state index is 0.0194. The number of Topliss-reactive ketones (excluding diaryl/α,β-unsaturated/α-hetero) is 1. The van der Waals surface area contributed by atoms with E-state index in [0.717, 1.165) is 29.0 Å². The Balaban J connectivity index is 1.93. The van der Waals surface area contributed by atoms with E-state index in [2.05, 4.69) is 4.98 Å². The molecule has 0 aliphatic carbocycles. The van der Waals surface area contributed by atoms with Crippen LogP contribution in [-0.4, -0.2) is 21.8 Å². The Morgan fingerprint density at radius 2 is 2.03 bits per heavy atom. The molecule has 3 aromatic rings. The van der Waals surface area contributed by atoms with Gasteiger partial charge in [-0.05, 0) is 18.6 Å². The summed E-state index contributed by atoms with van der Waals surface area (Å²) in [6.45, 7) is 3.50. The highest BCUT2D eigenvalue weighted by Gasteiger charge is 2.45. The molecule has 0 spiro atoms. The zero-order valence-electron chi connectivity index (χ0n) is 15.6. The molecule has 1 aromatic heterocycles. The molecule has 8 heteroatoms. The number of aliphatic hydroxyl groups is 1. The molecule has 1 aliphatic rings. The Morgan fingerprint density at radius 3 is 2.72 bits per heavy atom. The molecule has 0 fully saturated rings. The molecule has 1 atom stereocenters. The second kappa shape index (κ2) is 7.04. The number of anilines is 1. The fraction of sp³-hybridized carbons (Fsp3) is 0.190. The van der Waals surface area contributed by atoms with Gasteiger partial charge in [0.1, 0.15) is 11.3 Å². The van der Waals surface area contributed by atoms with Gasteiger partial charge < -0.3 is 5.11 Å². The van der Waals surface area contributed by atoms with Crippen molar-refractivity contribution in [2.45, 2.75) is 26.3 Å². The van der Waals surface area contributed by atoms with E-state index in [0.29, 0.717) is 5.56 Å². The number of aliphatic hydroxyl groups excluding tert-OH is 1. The zero-order chi connectivity index (χ0) is 20.9. The van der Waals surface area contributed by atoms with Gasteiger partial charge in [0, 0.05) is 12.5 Å². The zero-order valence-corrected chi connectivity index (χ0v) is 16.4. The molecule has 29 heavy (non-hydrogen) atoms. The lowest BCUT2D eigenvalue weighted by Crippen LogP contribution is -2.30. The molecule has 4 rings (SSSR count). The van der Waals surface area contributed by atoms with Crippen LogP contribution in [0.3, 0.4) is 0 Å². The second-order valence-corrected chi connectivity index (χ2v) is 7.77. The lowest BCUT2D eigenvalue weighted by atomic mass is 9.94. The number of fused-ring (bicyclic) bond motifs is 1. The first-order valence-electron chi connectivity index (χ1n) is 8.93. The van der Waals surface area contributed by atoms with Gasteiger partial charge in [-0.25, -0.2) is 13.8 Å². The van der Waals surface area contributed by atoms with Gasteiger partial charge in [-0.1, -0.05) is 48.1 Å². The van der Waals surface area contributed by atoms with Gasteiger partial charge in [0.25, 0.3) is 5.91 Å². The van der Waals surface area contributed by atoms with E-state index in [4.69, 9.17) is 0 Å². The molecule has 1 N–H and O–H groups in total. The summed E-state index contributed by atoms with van der Waals surface area (Å²) in [7, 11) is 0. The Hall–Kier alpha value is -3.13. The summed E-state index contributed by atoms with van der Waals surface area (Å²) in [4.78, 5) is 30.8. The lowest BCUT2D eigenvalue weighted by molar-refractivity contribution is -0.118. The van der Waals surface area contributed by atoms with Crippen LogP contribution in [0.15, 0.2) is 47.7 Å². The van der Waals surface area contributed by atoms with Gasteiger partial charge in [0.05, 0.1) is 16.3 Å². The topological polar surface area (TPSA) is 70.5 Å². The molecule has 2 aromatic carbocycles. The second-order valence-electron chi connectivity index (χ2n) is 6.76. The predicted molar refractivity (Wildman–Crippen MR) is 106 cm³/mol. The van der Waals surface area contributed by atoms with Crippen molar-refractivity contribution >= 4 is 38.4 Å². The highest BCUT2D eigenvalue weighted by molar-refractivity contribution is 7.22. The minimum Gasteiger partial charge on any atom is -0.503 e. The van der Waals surface area contributed by atoms with E-state index in [1.165, 1.54) is 4.90 Å². The maximum absolute atomic E-state index is 14.1. The van der Waals surface area contributed by atoms with E-state index < -0.39 is 29.3 Å². The van der Waals surface area contributed by atoms with Gasteiger partial charge in [0.2, 0.25) is 0 Å². The maximum Gasteiger partial charge on any atom is 0.296 e. The molecule has 0 bridgehead atoms. The van der Waals surface area contributed by atoms with E-state index in [9.17, 15) is 23.5 Å². The number of thiazole rings is 1. The monoisotopic (exact) mass is 414 g/mol. The first kappa shape index (κ1) is 19.2. The first-order chi connectivity index (χ1) is 13.8. The summed E-state index contributed by atoms with van der Waals surface area (Å²) >= 11 is 0.918. The van der Waals surface area contributed by atoms with Crippen molar-refractivity contribution in [2.75, 3.05) is 4.90 Å². The molecule has 5 nitrogen and oxygen atoms in total. The highest BCUT2D eigenvalue weighted by Crippen LogP contribution is 2.44. The molecule has 1 amide bonds. The smallest absolute Gasteiger partial charge is 0.296 e. The number of rotatable bonds is 4. The minimum atomic E-state index is -0.900. The number of carbonyl (C=O) groups excluding carboxylic acids is 2. The molecule has 148 valence electrons. The number of amides is 1. The number of halogens is 2. The van der Waals surface area contributed by atoms with Gasteiger partial charge in [-0.3, -0.25) is 14.5 Å². The summed E-state index contributed by atoms with van der Waals surface area (Å²) in [6.07, 6.45) is 0.0997. The van der Waals surface area contributed by atoms with E-state index >= 15 is 0 Å². The Kier molecular flexibility index (Phi) is 4.66. The third kappa shape index (κ3) is 3.09. The number of aryl methyl sites for hydroxylation is 1. The van der Waals surface area contributed by atoms with Crippen LogP contribution < -0.4 is 4.90 Å². The fourth-order valence-corrected chi connectivity index (χ4v) is 4.51.